The fraction of sp³-hybridized carbons (Fsp3) is 0.429. The summed E-state index contributed by atoms with van der Waals surface area (Å²) in [5, 5.41) is 2.90. The molecule has 1 aromatic heterocycles. The van der Waals surface area contributed by atoms with Gasteiger partial charge in [-0.25, -0.2) is 8.78 Å². The van der Waals surface area contributed by atoms with E-state index in [2.05, 4.69) is 5.32 Å². The maximum absolute atomic E-state index is 14.4. The summed E-state index contributed by atoms with van der Waals surface area (Å²) in [4.78, 5) is 26.3. The Kier molecular flexibility index (Phi) is 5.71. The van der Waals surface area contributed by atoms with Gasteiger partial charge in [-0.15, -0.1) is 11.3 Å². The standard InChI is InChI=1S/C21H22F2N2O4S/c1-11(24)19(27)25-20-16(18(26)17-13(22)5-2-6-14(17)23)12-4-3-7-21(10-15(12)30-20)28-8-9-29-21/h2,5-6,11H,3-4,7-10,24H2,1H3,(H,25,27)/t11-/m0/s1. The third kappa shape index (κ3) is 3.78. The lowest BCUT2D eigenvalue weighted by Gasteiger charge is -2.25. The van der Waals surface area contributed by atoms with Gasteiger partial charge in [-0.1, -0.05) is 6.07 Å². The minimum absolute atomic E-state index is 0.114. The number of amides is 1. The summed E-state index contributed by atoms with van der Waals surface area (Å²) < 4.78 is 40.4. The summed E-state index contributed by atoms with van der Waals surface area (Å²) in [6.07, 6.45) is 2.23. The molecule has 2 aromatic rings. The van der Waals surface area contributed by atoms with Crippen molar-refractivity contribution in [3.63, 3.8) is 0 Å². The minimum Gasteiger partial charge on any atom is -0.347 e. The molecule has 2 heterocycles. The van der Waals surface area contributed by atoms with Gasteiger partial charge in [0.1, 0.15) is 16.6 Å². The summed E-state index contributed by atoms with van der Waals surface area (Å²) in [7, 11) is 0. The number of carbonyl (C=O) groups is 2. The van der Waals surface area contributed by atoms with Crippen LogP contribution in [-0.2, 0) is 27.1 Å². The van der Waals surface area contributed by atoms with Crippen molar-refractivity contribution in [2.45, 2.75) is 44.4 Å². The third-order valence-corrected chi connectivity index (χ3v) is 6.53. The van der Waals surface area contributed by atoms with Gasteiger partial charge >= 0.3 is 0 Å². The van der Waals surface area contributed by atoms with E-state index < -0.39 is 40.7 Å². The Hall–Kier alpha value is -2.20. The molecule has 1 aliphatic carbocycles. The fourth-order valence-electron chi connectivity index (χ4n) is 3.92. The molecular weight excluding hydrogens is 414 g/mol. The number of hydrogen-bond donors (Lipinski definition) is 2. The zero-order chi connectivity index (χ0) is 21.5. The molecule has 3 N–H and O–H groups in total. The number of rotatable bonds is 4. The number of nitrogens with two attached hydrogens (primary N) is 1. The first-order valence-electron chi connectivity index (χ1n) is 9.79. The Bertz CT molecular complexity index is 979. The number of nitrogens with one attached hydrogen (secondary N) is 1. The number of carbonyl (C=O) groups excluding carboxylic acids is 2. The summed E-state index contributed by atoms with van der Waals surface area (Å²) in [5.41, 5.74) is 5.81. The van der Waals surface area contributed by atoms with Crippen LogP contribution < -0.4 is 11.1 Å². The van der Waals surface area contributed by atoms with Crippen LogP contribution in [0.4, 0.5) is 13.8 Å². The molecule has 1 atom stereocenters. The molecule has 0 unspecified atom stereocenters. The molecule has 4 rings (SSSR count). The monoisotopic (exact) mass is 436 g/mol. The molecule has 1 saturated heterocycles. The first-order chi connectivity index (χ1) is 14.3. The second-order valence-electron chi connectivity index (χ2n) is 7.55. The zero-order valence-electron chi connectivity index (χ0n) is 16.4. The first-order valence-corrected chi connectivity index (χ1v) is 10.6. The van der Waals surface area contributed by atoms with E-state index >= 15 is 0 Å². The number of thiophene rings is 1. The third-order valence-electron chi connectivity index (χ3n) is 5.39. The maximum Gasteiger partial charge on any atom is 0.241 e. The Morgan fingerprint density at radius 1 is 1.20 bits per heavy atom. The second-order valence-corrected chi connectivity index (χ2v) is 8.65. The highest BCUT2D eigenvalue weighted by atomic mass is 32.1. The van der Waals surface area contributed by atoms with Gasteiger partial charge in [-0.05, 0) is 37.5 Å². The quantitative estimate of drug-likeness (QED) is 0.719. The lowest BCUT2D eigenvalue weighted by Crippen LogP contribution is -2.32. The van der Waals surface area contributed by atoms with Crippen molar-refractivity contribution in [1.29, 1.82) is 0 Å². The van der Waals surface area contributed by atoms with Crippen molar-refractivity contribution in [3.05, 3.63) is 51.4 Å². The number of anilines is 1. The maximum atomic E-state index is 14.4. The van der Waals surface area contributed by atoms with Gasteiger partial charge in [0.05, 0.1) is 30.4 Å². The predicted molar refractivity (Wildman–Crippen MR) is 108 cm³/mol. The van der Waals surface area contributed by atoms with Crippen molar-refractivity contribution in [2.24, 2.45) is 5.73 Å². The van der Waals surface area contributed by atoms with Crippen LogP contribution in [0.15, 0.2) is 18.2 Å². The van der Waals surface area contributed by atoms with Gasteiger partial charge < -0.3 is 20.5 Å². The van der Waals surface area contributed by atoms with E-state index in [1.807, 2.05) is 0 Å². The van der Waals surface area contributed by atoms with Gasteiger partial charge in [0.15, 0.2) is 5.79 Å². The number of ketones is 1. The van der Waals surface area contributed by atoms with Crippen molar-refractivity contribution in [1.82, 2.24) is 0 Å². The van der Waals surface area contributed by atoms with Crippen LogP contribution in [0.5, 0.6) is 0 Å². The minimum atomic E-state index is -0.947. The molecule has 30 heavy (non-hydrogen) atoms. The Labute approximate surface area is 176 Å². The molecule has 0 bridgehead atoms. The van der Waals surface area contributed by atoms with E-state index in [0.29, 0.717) is 44.5 Å². The van der Waals surface area contributed by atoms with Crippen molar-refractivity contribution in [3.8, 4) is 0 Å². The van der Waals surface area contributed by atoms with Crippen molar-refractivity contribution >= 4 is 28.0 Å². The molecule has 6 nitrogen and oxygen atoms in total. The molecule has 1 spiro atoms. The number of hydrogen-bond acceptors (Lipinski definition) is 6. The molecule has 1 fully saturated rings. The van der Waals surface area contributed by atoms with E-state index in [1.165, 1.54) is 24.3 Å². The molecule has 160 valence electrons. The Morgan fingerprint density at radius 2 is 1.87 bits per heavy atom. The molecule has 9 heteroatoms. The second kappa shape index (κ2) is 8.14. The molecule has 0 radical (unpaired) electrons. The first kappa shape index (κ1) is 21.0. The Balaban J connectivity index is 1.82. The van der Waals surface area contributed by atoms with Gasteiger partial charge in [-0.3, -0.25) is 9.59 Å². The average Bonchev–Trinajstić information content (AvgIpc) is 3.22. The van der Waals surface area contributed by atoms with E-state index in [1.54, 1.807) is 0 Å². The molecule has 1 amide bonds. The van der Waals surface area contributed by atoms with E-state index in [9.17, 15) is 18.4 Å². The number of halogens is 2. The Morgan fingerprint density at radius 3 is 2.50 bits per heavy atom. The van der Waals surface area contributed by atoms with Crippen molar-refractivity contribution in [2.75, 3.05) is 18.5 Å². The van der Waals surface area contributed by atoms with Gasteiger partial charge in [0, 0.05) is 17.7 Å². The van der Waals surface area contributed by atoms with E-state index in [4.69, 9.17) is 15.2 Å². The van der Waals surface area contributed by atoms with Crippen LogP contribution >= 0.6 is 11.3 Å². The number of benzene rings is 1. The highest BCUT2D eigenvalue weighted by Gasteiger charge is 2.41. The van der Waals surface area contributed by atoms with E-state index in [-0.39, 0.29) is 10.6 Å². The SMILES string of the molecule is C[C@H](N)C(=O)Nc1sc2c(c1C(=O)c1c(F)cccc1F)CCCC1(C2)OCCO1. The molecular formula is C21H22F2N2O4S. The highest BCUT2D eigenvalue weighted by Crippen LogP contribution is 2.43. The smallest absolute Gasteiger partial charge is 0.241 e. The molecule has 0 saturated carbocycles. The highest BCUT2D eigenvalue weighted by molar-refractivity contribution is 7.17. The van der Waals surface area contributed by atoms with Gasteiger partial charge in [0.2, 0.25) is 11.7 Å². The largest absolute Gasteiger partial charge is 0.347 e. The molecule has 2 aliphatic rings. The number of ether oxygens (including phenoxy) is 2. The van der Waals surface area contributed by atoms with E-state index in [0.717, 1.165) is 17.0 Å². The number of fused-ring (bicyclic) bond motifs is 1. The lowest BCUT2D eigenvalue weighted by atomic mass is 9.97. The van der Waals surface area contributed by atoms with Crippen LogP contribution in [0.1, 0.15) is 46.1 Å². The van der Waals surface area contributed by atoms with Crippen LogP contribution in [0.2, 0.25) is 0 Å². The fourth-order valence-corrected chi connectivity index (χ4v) is 5.26. The van der Waals surface area contributed by atoms with Gasteiger partial charge in [-0.2, -0.15) is 0 Å². The summed E-state index contributed by atoms with van der Waals surface area (Å²) in [5.74, 6) is -3.94. The summed E-state index contributed by atoms with van der Waals surface area (Å²) in [6.45, 7) is 2.49. The molecule has 1 aliphatic heterocycles. The van der Waals surface area contributed by atoms with Crippen LogP contribution in [0.25, 0.3) is 0 Å². The van der Waals surface area contributed by atoms with Crippen molar-refractivity contribution < 1.29 is 27.8 Å². The molecule has 1 aromatic carbocycles. The van der Waals surface area contributed by atoms with Crippen LogP contribution in [0, 0.1) is 11.6 Å². The average molecular weight is 436 g/mol. The summed E-state index contributed by atoms with van der Waals surface area (Å²) >= 11 is 1.20. The lowest BCUT2D eigenvalue weighted by molar-refractivity contribution is -0.159. The van der Waals surface area contributed by atoms with Crippen LogP contribution in [0.3, 0.4) is 0 Å². The predicted octanol–water partition coefficient (Wildman–Crippen LogP) is 3.16. The van der Waals surface area contributed by atoms with Gasteiger partial charge in [0.25, 0.3) is 0 Å². The topological polar surface area (TPSA) is 90.7 Å². The normalized spacial score (nSPS) is 18.7. The summed E-state index contributed by atoms with van der Waals surface area (Å²) in [6, 6.07) is 2.47. The van der Waals surface area contributed by atoms with Crippen LogP contribution in [-0.4, -0.2) is 36.7 Å². The zero-order valence-corrected chi connectivity index (χ0v) is 17.2.